The topological polar surface area (TPSA) is 29.3 Å². The van der Waals surface area contributed by atoms with Gasteiger partial charge in [-0.25, -0.2) is 0 Å². The third-order valence-corrected chi connectivity index (χ3v) is 4.56. The quantitative estimate of drug-likeness (QED) is 0.849. The van der Waals surface area contributed by atoms with Crippen LogP contribution in [0.25, 0.3) is 0 Å². The second-order valence-electron chi connectivity index (χ2n) is 5.72. The SMILES string of the molecule is NCC(CN1CCCC2CCCCC21)C(F)(F)F. The highest BCUT2D eigenvalue weighted by Crippen LogP contribution is 2.37. The molecule has 5 heteroatoms. The molecule has 1 aliphatic carbocycles. The molecule has 0 aromatic rings. The lowest BCUT2D eigenvalue weighted by atomic mass is 9.78. The standard InChI is InChI=1S/C13H23F3N2/c14-13(15,16)11(8-17)9-18-7-3-5-10-4-1-2-6-12(10)18/h10-12H,1-9,17H2. The third-order valence-electron chi connectivity index (χ3n) is 4.56. The van der Waals surface area contributed by atoms with E-state index >= 15 is 0 Å². The van der Waals surface area contributed by atoms with Crippen LogP contribution < -0.4 is 5.73 Å². The van der Waals surface area contributed by atoms with E-state index in [4.69, 9.17) is 5.73 Å². The summed E-state index contributed by atoms with van der Waals surface area (Å²) >= 11 is 0. The lowest BCUT2D eigenvalue weighted by molar-refractivity contribution is -0.179. The summed E-state index contributed by atoms with van der Waals surface area (Å²) in [6, 6.07) is 0.379. The maximum Gasteiger partial charge on any atom is 0.394 e. The van der Waals surface area contributed by atoms with Gasteiger partial charge in [0.05, 0.1) is 5.92 Å². The van der Waals surface area contributed by atoms with Crippen molar-refractivity contribution < 1.29 is 13.2 Å². The largest absolute Gasteiger partial charge is 0.394 e. The molecule has 1 heterocycles. The van der Waals surface area contributed by atoms with Gasteiger partial charge in [-0.3, -0.25) is 4.90 Å². The summed E-state index contributed by atoms with van der Waals surface area (Å²) in [6.07, 6.45) is 2.75. The second kappa shape index (κ2) is 5.78. The van der Waals surface area contributed by atoms with E-state index in [1.807, 2.05) is 0 Å². The minimum absolute atomic E-state index is 0.0984. The summed E-state index contributed by atoms with van der Waals surface area (Å²) in [7, 11) is 0. The average Bonchev–Trinajstić information content (AvgIpc) is 2.34. The highest BCUT2D eigenvalue weighted by atomic mass is 19.4. The molecule has 1 saturated heterocycles. The molecule has 1 aliphatic heterocycles. The summed E-state index contributed by atoms with van der Waals surface area (Å²) < 4.78 is 38.4. The summed E-state index contributed by atoms with van der Waals surface area (Å²) in [5.41, 5.74) is 5.30. The zero-order valence-electron chi connectivity index (χ0n) is 10.8. The molecule has 2 rings (SSSR count). The van der Waals surface area contributed by atoms with E-state index in [-0.39, 0.29) is 13.1 Å². The molecule has 0 aromatic carbocycles. The van der Waals surface area contributed by atoms with Gasteiger partial charge < -0.3 is 5.73 Å². The van der Waals surface area contributed by atoms with Crippen molar-refractivity contribution in [2.24, 2.45) is 17.6 Å². The van der Waals surface area contributed by atoms with E-state index in [2.05, 4.69) is 4.90 Å². The van der Waals surface area contributed by atoms with Crippen LogP contribution >= 0.6 is 0 Å². The molecule has 2 fully saturated rings. The predicted octanol–water partition coefficient (Wildman–Crippen LogP) is 2.78. The van der Waals surface area contributed by atoms with Gasteiger partial charge in [0.25, 0.3) is 0 Å². The van der Waals surface area contributed by atoms with E-state index in [9.17, 15) is 13.2 Å². The molecule has 0 aromatic heterocycles. The monoisotopic (exact) mass is 264 g/mol. The Morgan fingerprint density at radius 3 is 2.44 bits per heavy atom. The molecular weight excluding hydrogens is 241 g/mol. The van der Waals surface area contributed by atoms with Crippen molar-refractivity contribution in [2.45, 2.75) is 50.7 Å². The molecule has 18 heavy (non-hydrogen) atoms. The number of likely N-dealkylation sites (tertiary alicyclic amines) is 1. The van der Waals surface area contributed by atoms with Crippen molar-refractivity contribution in [1.29, 1.82) is 0 Å². The van der Waals surface area contributed by atoms with Crippen molar-refractivity contribution in [2.75, 3.05) is 19.6 Å². The Hall–Kier alpha value is -0.290. The molecule has 106 valence electrons. The molecule has 2 N–H and O–H groups in total. The van der Waals surface area contributed by atoms with Crippen molar-refractivity contribution in [3.05, 3.63) is 0 Å². The fourth-order valence-electron chi connectivity index (χ4n) is 3.55. The van der Waals surface area contributed by atoms with Crippen LogP contribution in [0.1, 0.15) is 38.5 Å². The van der Waals surface area contributed by atoms with Crippen molar-refractivity contribution >= 4 is 0 Å². The van der Waals surface area contributed by atoms with Crippen LogP contribution in [0.2, 0.25) is 0 Å². The Bertz CT molecular complexity index is 265. The van der Waals surface area contributed by atoms with Crippen molar-refractivity contribution in [1.82, 2.24) is 4.90 Å². The van der Waals surface area contributed by atoms with Crippen molar-refractivity contribution in [3.63, 3.8) is 0 Å². The molecule has 0 bridgehead atoms. The first-order chi connectivity index (χ1) is 8.52. The van der Waals surface area contributed by atoms with Crippen LogP contribution in [0.3, 0.4) is 0 Å². The lowest BCUT2D eigenvalue weighted by Crippen LogP contribution is -2.51. The highest BCUT2D eigenvalue weighted by Gasteiger charge is 2.42. The molecule has 0 amide bonds. The maximum absolute atomic E-state index is 12.8. The van der Waals surface area contributed by atoms with Crippen LogP contribution in [0.15, 0.2) is 0 Å². The summed E-state index contributed by atoms with van der Waals surface area (Å²) in [5, 5.41) is 0. The van der Waals surface area contributed by atoms with Crippen LogP contribution in [0.4, 0.5) is 13.2 Å². The minimum atomic E-state index is -4.16. The van der Waals surface area contributed by atoms with E-state index < -0.39 is 12.1 Å². The summed E-state index contributed by atoms with van der Waals surface area (Å²) in [5.74, 6) is -0.739. The number of hydrogen-bond donors (Lipinski definition) is 1. The van der Waals surface area contributed by atoms with Gasteiger partial charge in [0.15, 0.2) is 0 Å². The average molecular weight is 264 g/mol. The van der Waals surface area contributed by atoms with Crippen LogP contribution in [0, 0.1) is 11.8 Å². The summed E-state index contributed by atoms with van der Waals surface area (Å²) in [4.78, 5) is 2.07. The van der Waals surface area contributed by atoms with Gasteiger partial charge in [-0.05, 0) is 38.1 Å². The molecule has 0 radical (unpaired) electrons. The van der Waals surface area contributed by atoms with E-state index in [0.717, 1.165) is 25.8 Å². The van der Waals surface area contributed by atoms with Gasteiger partial charge in [0, 0.05) is 19.1 Å². The van der Waals surface area contributed by atoms with Crippen LogP contribution in [0.5, 0.6) is 0 Å². The first-order valence-corrected chi connectivity index (χ1v) is 7.03. The Balaban J connectivity index is 1.98. The third kappa shape index (κ3) is 3.18. The first-order valence-electron chi connectivity index (χ1n) is 7.03. The number of nitrogens with zero attached hydrogens (tertiary/aromatic N) is 1. The smallest absolute Gasteiger partial charge is 0.330 e. The number of alkyl halides is 3. The van der Waals surface area contributed by atoms with Gasteiger partial charge in [-0.1, -0.05) is 12.8 Å². The number of rotatable bonds is 3. The number of halogens is 3. The Kier molecular flexibility index (Phi) is 4.54. The minimum Gasteiger partial charge on any atom is -0.330 e. The maximum atomic E-state index is 12.8. The van der Waals surface area contributed by atoms with Crippen molar-refractivity contribution in [3.8, 4) is 0 Å². The fourth-order valence-corrected chi connectivity index (χ4v) is 3.55. The summed E-state index contributed by atoms with van der Waals surface area (Å²) in [6.45, 7) is 0.617. The number of piperidine rings is 1. The Labute approximate surface area is 107 Å². The molecule has 3 atom stereocenters. The predicted molar refractivity (Wildman–Crippen MR) is 65.2 cm³/mol. The second-order valence-corrected chi connectivity index (χ2v) is 5.72. The van der Waals surface area contributed by atoms with Gasteiger partial charge in [0.1, 0.15) is 0 Å². The highest BCUT2D eigenvalue weighted by molar-refractivity contribution is 4.89. The first kappa shape index (κ1) is 14.1. The Morgan fingerprint density at radius 2 is 1.78 bits per heavy atom. The van der Waals surface area contributed by atoms with Gasteiger partial charge >= 0.3 is 6.18 Å². The van der Waals surface area contributed by atoms with Gasteiger partial charge in [-0.2, -0.15) is 13.2 Å². The zero-order valence-corrected chi connectivity index (χ0v) is 10.8. The van der Waals surface area contributed by atoms with E-state index in [1.165, 1.54) is 19.3 Å². The van der Waals surface area contributed by atoms with Crippen LogP contribution in [-0.2, 0) is 0 Å². The zero-order chi connectivity index (χ0) is 13.2. The van der Waals surface area contributed by atoms with Gasteiger partial charge in [0.2, 0.25) is 0 Å². The molecule has 3 unspecified atom stereocenters. The fraction of sp³-hybridized carbons (Fsp3) is 1.00. The Morgan fingerprint density at radius 1 is 1.11 bits per heavy atom. The van der Waals surface area contributed by atoms with Crippen LogP contribution in [-0.4, -0.2) is 36.8 Å². The molecule has 2 aliphatic rings. The molecule has 1 saturated carbocycles. The molecule has 2 nitrogen and oxygen atoms in total. The normalized spacial score (nSPS) is 32.0. The molecular formula is C13H23F3N2. The number of nitrogens with two attached hydrogens (primary N) is 1. The van der Waals surface area contributed by atoms with E-state index in [0.29, 0.717) is 12.0 Å². The number of hydrogen-bond acceptors (Lipinski definition) is 2. The lowest BCUT2D eigenvalue weighted by Gasteiger charge is -2.45. The van der Waals surface area contributed by atoms with Gasteiger partial charge in [-0.15, -0.1) is 0 Å². The molecule has 0 spiro atoms. The number of fused-ring (bicyclic) bond motifs is 1. The van der Waals surface area contributed by atoms with E-state index in [1.54, 1.807) is 0 Å².